The Hall–Kier alpha value is -7.14. The Balaban J connectivity index is 0.939. The Bertz CT molecular complexity index is 3160. The molecule has 262 valence electrons. The molecule has 8 aromatic carbocycles. The lowest BCUT2D eigenvalue weighted by atomic mass is 10.0. The molecule has 0 fully saturated rings. The lowest BCUT2D eigenvalue weighted by Crippen LogP contribution is -1.96. The first kappa shape index (κ1) is 32.3. The van der Waals surface area contributed by atoms with E-state index in [1.807, 2.05) is 47.7 Å². The van der Waals surface area contributed by atoms with E-state index in [4.69, 9.17) is 9.97 Å². The fourth-order valence-electron chi connectivity index (χ4n) is 8.04. The average molecular weight is 732 g/mol. The normalized spacial score (nSPS) is 11.6. The van der Waals surface area contributed by atoms with E-state index >= 15 is 0 Å². The second-order valence-electron chi connectivity index (χ2n) is 14.2. The summed E-state index contributed by atoms with van der Waals surface area (Å²) in [6.45, 7) is 0. The Kier molecular flexibility index (Phi) is 7.68. The predicted octanol–water partition coefficient (Wildman–Crippen LogP) is 14.3. The van der Waals surface area contributed by atoms with Gasteiger partial charge in [0.25, 0.3) is 0 Å². The average Bonchev–Trinajstić information content (AvgIpc) is 3.82. The molecule has 0 bridgehead atoms. The number of nitrogens with zero attached hydrogens (tertiary/aromatic N) is 3. The van der Waals surface area contributed by atoms with Crippen molar-refractivity contribution < 1.29 is 0 Å². The van der Waals surface area contributed by atoms with Gasteiger partial charge in [-0.3, -0.25) is 0 Å². The van der Waals surface area contributed by atoms with E-state index < -0.39 is 0 Å². The van der Waals surface area contributed by atoms with Crippen LogP contribution in [0.1, 0.15) is 0 Å². The molecule has 0 saturated carbocycles. The van der Waals surface area contributed by atoms with Crippen LogP contribution in [0, 0.1) is 0 Å². The molecule has 0 aliphatic carbocycles. The SMILES string of the molecule is c1ccc(-c2cc(-c3ccccc3)nc(-c3ccc(-c4ccc5c(c4)c4ccccc4n5-c4ccc(-c5ccc6c(c5)sc5ccccc56)cc4)cc3)n2)cc1. The molecule has 0 amide bonds. The van der Waals surface area contributed by atoms with Gasteiger partial charge in [-0.05, 0) is 70.8 Å². The fourth-order valence-corrected chi connectivity index (χ4v) is 9.19. The fraction of sp³-hybridized carbons (Fsp3) is 0. The molecular weight excluding hydrogens is 699 g/mol. The minimum absolute atomic E-state index is 0.710. The Labute approximate surface area is 328 Å². The highest BCUT2D eigenvalue weighted by molar-refractivity contribution is 7.25. The van der Waals surface area contributed by atoms with Crippen LogP contribution in [0.3, 0.4) is 0 Å². The summed E-state index contributed by atoms with van der Waals surface area (Å²) in [5, 5.41) is 5.12. The molecule has 3 heterocycles. The third-order valence-electron chi connectivity index (χ3n) is 10.9. The van der Waals surface area contributed by atoms with Crippen molar-refractivity contribution in [3.63, 3.8) is 0 Å². The van der Waals surface area contributed by atoms with Crippen molar-refractivity contribution in [2.75, 3.05) is 0 Å². The van der Waals surface area contributed by atoms with Gasteiger partial charge < -0.3 is 4.57 Å². The van der Waals surface area contributed by atoms with Crippen molar-refractivity contribution in [1.82, 2.24) is 14.5 Å². The van der Waals surface area contributed by atoms with E-state index in [1.54, 1.807) is 0 Å². The van der Waals surface area contributed by atoms with Crippen molar-refractivity contribution in [1.29, 1.82) is 0 Å². The van der Waals surface area contributed by atoms with Gasteiger partial charge in [-0.15, -0.1) is 11.3 Å². The Morgan fingerprint density at radius 2 is 0.839 bits per heavy atom. The molecular formula is C52H33N3S. The van der Waals surface area contributed by atoms with Crippen LogP contribution < -0.4 is 0 Å². The van der Waals surface area contributed by atoms with Crippen molar-refractivity contribution >= 4 is 53.3 Å². The van der Waals surface area contributed by atoms with Crippen molar-refractivity contribution in [3.05, 3.63) is 200 Å². The van der Waals surface area contributed by atoms with Gasteiger partial charge in [-0.2, -0.15) is 0 Å². The Morgan fingerprint density at radius 3 is 1.55 bits per heavy atom. The highest BCUT2D eigenvalue weighted by Crippen LogP contribution is 2.38. The maximum Gasteiger partial charge on any atom is 0.160 e. The van der Waals surface area contributed by atoms with Gasteiger partial charge in [-0.25, -0.2) is 9.97 Å². The highest BCUT2D eigenvalue weighted by Gasteiger charge is 2.15. The van der Waals surface area contributed by atoms with Crippen molar-refractivity contribution in [2.45, 2.75) is 0 Å². The minimum atomic E-state index is 0.710. The summed E-state index contributed by atoms with van der Waals surface area (Å²) < 4.78 is 5.04. The molecule has 11 aromatic rings. The zero-order valence-corrected chi connectivity index (χ0v) is 31.1. The van der Waals surface area contributed by atoms with Gasteiger partial charge in [0, 0.05) is 53.3 Å². The first-order valence-corrected chi connectivity index (χ1v) is 19.7. The summed E-state index contributed by atoms with van der Waals surface area (Å²) in [5.41, 5.74) is 13.2. The van der Waals surface area contributed by atoms with Gasteiger partial charge in [0.05, 0.1) is 22.4 Å². The van der Waals surface area contributed by atoms with Crippen LogP contribution in [0.5, 0.6) is 0 Å². The number of hydrogen-bond acceptors (Lipinski definition) is 3. The molecule has 0 unspecified atom stereocenters. The topological polar surface area (TPSA) is 30.7 Å². The lowest BCUT2D eigenvalue weighted by Gasteiger charge is -2.11. The summed E-state index contributed by atoms with van der Waals surface area (Å²) in [5.74, 6) is 0.710. The molecule has 0 aliphatic heterocycles. The van der Waals surface area contributed by atoms with Crippen molar-refractivity contribution in [3.8, 4) is 61.8 Å². The van der Waals surface area contributed by atoms with Crippen LogP contribution in [0.2, 0.25) is 0 Å². The number of hydrogen-bond donors (Lipinski definition) is 0. The third-order valence-corrected chi connectivity index (χ3v) is 12.0. The van der Waals surface area contributed by atoms with Gasteiger partial charge in [0.1, 0.15) is 0 Å². The summed E-state index contributed by atoms with van der Waals surface area (Å²) in [6.07, 6.45) is 0. The quantitative estimate of drug-likeness (QED) is 0.170. The molecule has 4 heteroatoms. The van der Waals surface area contributed by atoms with E-state index in [1.165, 1.54) is 58.7 Å². The van der Waals surface area contributed by atoms with Crippen LogP contribution in [-0.4, -0.2) is 14.5 Å². The molecule has 0 aliphatic rings. The summed E-state index contributed by atoms with van der Waals surface area (Å²) in [6, 6.07) is 71.5. The van der Waals surface area contributed by atoms with Gasteiger partial charge >= 0.3 is 0 Å². The van der Waals surface area contributed by atoms with E-state index in [-0.39, 0.29) is 0 Å². The second kappa shape index (κ2) is 13.3. The molecule has 0 spiro atoms. The zero-order chi connectivity index (χ0) is 37.0. The summed E-state index contributed by atoms with van der Waals surface area (Å²) in [4.78, 5) is 10.1. The molecule has 0 atom stereocenters. The molecule has 3 nitrogen and oxygen atoms in total. The number of aromatic nitrogens is 3. The molecule has 11 rings (SSSR count). The molecule has 0 N–H and O–H groups in total. The minimum Gasteiger partial charge on any atom is -0.309 e. The monoisotopic (exact) mass is 731 g/mol. The van der Waals surface area contributed by atoms with E-state index in [9.17, 15) is 0 Å². The first-order chi connectivity index (χ1) is 27.7. The van der Waals surface area contributed by atoms with Crippen LogP contribution in [0.25, 0.3) is 104 Å². The van der Waals surface area contributed by atoms with E-state index in [2.05, 4.69) is 168 Å². The maximum absolute atomic E-state index is 5.04. The van der Waals surface area contributed by atoms with E-state index in [0.29, 0.717) is 5.82 Å². The lowest BCUT2D eigenvalue weighted by molar-refractivity contribution is 1.18. The molecule has 0 saturated heterocycles. The van der Waals surface area contributed by atoms with Crippen LogP contribution >= 0.6 is 11.3 Å². The number of benzene rings is 8. The second-order valence-corrected chi connectivity index (χ2v) is 15.3. The standard InChI is InChI=1S/C52H33N3S/c1-3-11-36(12-4-1)46-33-47(37-13-5-2-6-14-37)54-52(53-46)38-21-19-34(20-22-38)39-26-30-49-45(31-39)42-15-7-9-17-48(42)55(49)41-27-23-35(24-28-41)40-25-29-44-43-16-8-10-18-50(43)56-51(44)32-40/h1-33H. The number of thiophene rings is 1. The van der Waals surface area contributed by atoms with Crippen molar-refractivity contribution in [2.24, 2.45) is 0 Å². The number of rotatable bonds is 6. The first-order valence-electron chi connectivity index (χ1n) is 18.9. The predicted molar refractivity (Wildman–Crippen MR) is 236 cm³/mol. The molecule has 3 aromatic heterocycles. The van der Waals surface area contributed by atoms with Gasteiger partial charge in [0.2, 0.25) is 0 Å². The Morgan fingerprint density at radius 1 is 0.321 bits per heavy atom. The van der Waals surface area contributed by atoms with Crippen LogP contribution in [0.4, 0.5) is 0 Å². The summed E-state index contributed by atoms with van der Waals surface area (Å²) >= 11 is 1.86. The van der Waals surface area contributed by atoms with Crippen LogP contribution in [-0.2, 0) is 0 Å². The molecule has 56 heavy (non-hydrogen) atoms. The largest absolute Gasteiger partial charge is 0.309 e. The summed E-state index contributed by atoms with van der Waals surface area (Å²) in [7, 11) is 0. The third kappa shape index (κ3) is 5.58. The zero-order valence-electron chi connectivity index (χ0n) is 30.3. The van der Waals surface area contributed by atoms with Crippen LogP contribution in [0.15, 0.2) is 200 Å². The highest BCUT2D eigenvalue weighted by atomic mass is 32.1. The van der Waals surface area contributed by atoms with E-state index in [0.717, 1.165) is 39.3 Å². The number of fused-ring (bicyclic) bond motifs is 6. The number of para-hydroxylation sites is 1. The molecule has 0 radical (unpaired) electrons. The van der Waals surface area contributed by atoms with Gasteiger partial charge in [0.15, 0.2) is 5.82 Å². The van der Waals surface area contributed by atoms with Gasteiger partial charge in [-0.1, -0.05) is 152 Å². The maximum atomic E-state index is 5.04. The smallest absolute Gasteiger partial charge is 0.160 e.